The number of nitrogens with one attached hydrogen (secondary N) is 1. The van der Waals surface area contributed by atoms with Crippen molar-refractivity contribution in [3.05, 3.63) is 35.2 Å². The second-order valence-electron chi connectivity index (χ2n) is 2.75. The van der Waals surface area contributed by atoms with Gasteiger partial charge in [-0.05, 0) is 17.5 Å². The highest BCUT2D eigenvalue weighted by Crippen LogP contribution is 2.24. The molecule has 2 rings (SSSR count). The summed E-state index contributed by atoms with van der Waals surface area (Å²) in [5.74, 6) is 0. The van der Waals surface area contributed by atoms with Crippen LogP contribution in [0.1, 0.15) is 4.88 Å². The maximum absolute atomic E-state index is 10.1. The van der Waals surface area contributed by atoms with Gasteiger partial charge >= 0.3 is 0 Å². The maximum atomic E-state index is 10.1. The number of carbonyl (C=O) groups excluding carboxylic acids is 1. The summed E-state index contributed by atoms with van der Waals surface area (Å²) in [7, 11) is 0. The first-order valence-electron chi connectivity index (χ1n) is 4.04. The number of benzene rings is 1. The van der Waals surface area contributed by atoms with Crippen molar-refractivity contribution in [2.45, 2.75) is 6.54 Å². The minimum absolute atomic E-state index is 0.628. The van der Waals surface area contributed by atoms with Crippen LogP contribution in [-0.2, 0) is 11.3 Å². The number of hydrogen-bond acceptors (Lipinski definition) is 2. The molecule has 0 aliphatic carbocycles. The van der Waals surface area contributed by atoms with Crippen LogP contribution in [0.5, 0.6) is 0 Å². The molecule has 0 aliphatic rings. The smallest absolute Gasteiger partial charge is 0.207 e. The van der Waals surface area contributed by atoms with E-state index in [0.29, 0.717) is 6.54 Å². The standard InChI is InChI=1S/C10H9NOS/c12-7-11-6-9-5-8-3-1-2-4-10(8)13-9/h1-5,7H,6H2,(H,11,12). The predicted octanol–water partition coefficient (Wildman–Crippen LogP) is 2.15. The van der Waals surface area contributed by atoms with Crippen LogP contribution in [0.3, 0.4) is 0 Å². The van der Waals surface area contributed by atoms with Gasteiger partial charge in [0.05, 0.1) is 6.54 Å². The monoisotopic (exact) mass is 191 g/mol. The molecular weight excluding hydrogens is 182 g/mol. The van der Waals surface area contributed by atoms with Crippen molar-refractivity contribution >= 4 is 27.8 Å². The van der Waals surface area contributed by atoms with Gasteiger partial charge in [0.15, 0.2) is 0 Å². The summed E-state index contributed by atoms with van der Waals surface area (Å²) >= 11 is 1.72. The zero-order chi connectivity index (χ0) is 9.10. The van der Waals surface area contributed by atoms with Gasteiger partial charge in [-0.3, -0.25) is 4.79 Å². The van der Waals surface area contributed by atoms with Gasteiger partial charge < -0.3 is 5.32 Å². The van der Waals surface area contributed by atoms with Gasteiger partial charge in [0, 0.05) is 9.58 Å². The minimum Gasteiger partial charge on any atom is -0.354 e. The molecule has 13 heavy (non-hydrogen) atoms. The van der Waals surface area contributed by atoms with Gasteiger partial charge in [0.1, 0.15) is 0 Å². The Balaban J connectivity index is 2.32. The van der Waals surface area contributed by atoms with E-state index in [2.05, 4.69) is 23.5 Å². The average molecular weight is 191 g/mol. The van der Waals surface area contributed by atoms with E-state index in [0.717, 1.165) is 6.41 Å². The largest absolute Gasteiger partial charge is 0.354 e. The molecule has 0 saturated heterocycles. The topological polar surface area (TPSA) is 29.1 Å². The number of fused-ring (bicyclic) bond motifs is 1. The van der Waals surface area contributed by atoms with Gasteiger partial charge in [0.2, 0.25) is 6.41 Å². The van der Waals surface area contributed by atoms with E-state index in [1.807, 2.05) is 12.1 Å². The van der Waals surface area contributed by atoms with Crippen LogP contribution in [0.4, 0.5) is 0 Å². The fourth-order valence-electron chi connectivity index (χ4n) is 1.27. The van der Waals surface area contributed by atoms with Crippen LogP contribution in [0.15, 0.2) is 30.3 Å². The Morgan fingerprint density at radius 3 is 3.00 bits per heavy atom. The van der Waals surface area contributed by atoms with E-state index in [1.165, 1.54) is 15.0 Å². The van der Waals surface area contributed by atoms with E-state index in [-0.39, 0.29) is 0 Å². The Morgan fingerprint density at radius 1 is 1.38 bits per heavy atom. The van der Waals surface area contributed by atoms with Gasteiger partial charge in [0.25, 0.3) is 0 Å². The van der Waals surface area contributed by atoms with E-state index in [1.54, 1.807) is 11.3 Å². The molecule has 0 saturated carbocycles. The summed E-state index contributed by atoms with van der Waals surface area (Å²) in [5, 5.41) is 3.90. The molecular formula is C10H9NOS. The molecule has 0 aliphatic heterocycles. The van der Waals surface area contributed by atoms with Crippen LogP contribution >= 0.6 is 11.3 Å². The van der Waals surface area contributed by atoms with Crippen molar-refractivity contribution in [2.24, 2.45) is 0 Å². The number of carbonyl (C=O) groups is 1. The van der Waals surface area contributed by atoms with Crippen molar-refractivity contribution in [1.29, 1.82) is 0 Å². The number of thiophene rings is 1. The van der Waals surface area contributed by atoms with E-state index in [4.69, 9.17) is 0 Å². The van der Waals surface area contributed by atoms with Crippen molar-refractivity contribution < 1.29 is 4.79 Å². The number of amides is 1. The molecule has 2 nitrogen and oxygen atoms in total. The van der Waals surface area contributed by atoms with Crippen LogP contribution in [0.2, 0.25) is 0 Å². The fraction of sp³-hybridized carbons (Fsp3) is 0.100. The minimum atomic E-state index is 0.628. The van der Waals surface area contributed by atoms with Gasteiger partial charge in [-0.15, -0.1) is 11.3 Å². The van der Waals surface area contributed by atoms with Gasteiger partial charge in [-0.25, -0.2) is 0 Å². The molecule has 1 aromatic heterocycles. The first-order chi connectivity index (χ1) is 6.40. The van der Waals surface area contributed by atoms with E-state index in [9.17, 15) is 4.79 Å². The second-order valence-corrected chi connectivity index (χ2v) is 3.92. The lowest BCUT2D eigenvalue weighted by molar-refractivity contribution is -0.109. The fourth-order valence-corrected chi connectivity index (χ4v) is 2.28. The third kappa shape index (κ3) is 1.70. The Bertz CT molecular complexity index is 389. The van der Waals surface area contributed by atoms with Crippen molar-refractivity contribution in [1.82, 2.24) is 5.32 Å². The number of hydrogen-bond donors (Lipinski definition) is 1. The van der Waals surface area contributed by atoms with E-state index >= 15 is 0 Å². The third-order valence-electron chi connectivity index (χ3n) is 1.84. The zero-order valence-electron chi connectivity index (χ0n) is 6.99. The highest BCUT2D eigenvalue weighted by molar-refractivity contribution is 7.19. The molecule has 0 unspecified atom stereocenters. The maximum Gasteiger partial charge on any atom is 0.207 e. The molecule has 1 aromatic carbocycles. The van der Waals surface area contributed by atoms with E-state index < -0.39 is 0 Å². The van der Waals surface area contributed by atoms with Crippen molar-refractivity contribution in [3.8, 4) is 0 Å². The lowest BCUT2D eigenvalue weighted by atomic mass is 10.2. The summed E-state index contributed by atoms with van der Waals surface area (Å²) in [6, 6.07) is 10.3. The number of rotatable bonds is 3. The van der Waals surface area contributed by atoms with Gasteiger partial charge in [-0.2, -0.15) is 0 Å². The molecule has 1 N–H and O–H groups in total. The average Bonchev–Trinajstić information content (AvgIpc) is 2.57. The Kier molecular flexibility index (Phi) is 2.27. The van der Waals surface area contributed by atoms with Crippen molar-refractivity contribution in [2.75, 3.05) is 0 Å². The lowest BCUT2D eigenvalue weighted by Gasteiger charge is -1.90. The molecule has 0 radical (unpaired) electrons. The SMILES string of the molecule is O=CNCc1cc2ccccc2s1. The normalized spacial score (nSPS) is 10.2. The molecule has 66 valence electrons. The highest BCUT2D eigenvalue weighted by atomic mass is 32.1. The summed E-state index contributed by atoms with van der Waals surface area (Å²) in [6.45, 7) is 0.628. The Morgan fingerprint density at radius 2 is 2.23 bits per heavy atom. The third-order valence-corrected chi connectivity index (χ3v) is 2.95. The van der Waals surface area contributed by atoms with Crippen LogP contribution in [0.25, 0.3) is 10.1 Å². The molecule has 0 fully saturated rings. The molecule has 0 bridgehead atoms. The predicted molar refractivity (Wildman–Crippen MR) is 54.7 cm³/mol. The summed E-state index contributed by atoms with van der Waals surface area (Å²) < 4.78 is 1.27. The molecule has 2 aromatic rings. The van der Waals surface area contributed by atoms with Crippen LogP contribution in [-0.4, -0.2) is 6.41 Å². The zero-order valence-corrected chi connectivity index (χ0v) is 7.80. The summed E-state index contributed by atoms with van der Waals surface area (Å²) in [4.78, 5) is 11.3. The van der Waals surface area contributed by atoms with Crippen LogP contribution < -0.4 is 5.32 Å². The molecule has 0 spiro atoms. The molecule has 3 heteroatoms. The Labute approximate surface area is 80.2 Å². The van der Waals surface area contributed by atoms with Crippen LogP contribution in [0, 0.1) is 0 Å². The highest BCUT2D eigenvalue weighted by Gasteiger charge is 1.99. The summed E-state index contributed by atoms with van der Waals surface area (Å²) in [6.07, 6.45) is 0.727. The molecule has 0 atom stereocenters. The second kappa shape index (κ2) is 3.58. The molecule has 1 amide bonds. The van der Waals surface area contributed by atoms with Gasteiger partial charge in [-0.1, -0.05) is 18.2 Å². The van der Waals surface area contributed by atoms with Crippen molar-refractivity contribution in [3.63, 3.8) is 0 Å². The Hall–Kier alpha value is -1.35. The quantitative estimate of drug-likeness (QED) is 0.740. The first-order valence-corrected chi connectivity index (χ1v) is 4.86. The summed E-state index contributed by atoms with van der Waals surface area (Å²) in [5.41, 5.74) is 0. The molecule has 1 heterocycles. The lowest BCUT2D eigenvalue weighted by Crippen LogP contribution is -2.07. The first kappa shape index (κ1) is 8.26.